The molecule has 2 aromatic rings. The van der Waals surface area contributed by atoms with Gasteiger partial charge in [-0.2, -0.15) is 5.10 Å². The summed E-state index contributed by atoms with van der Waals surface area (Å²) >= 11 is 0. The molecule has 0 saturated heterocycles. The second kappa shape index (κ2) is 4.83. The minimum atomic E-state index is -0.533. The molecule has 2 unspecified atom stereocenters. The van der Waals surface area contributed by atoms with Crippen LogP contribution in [0.2, 0.25) is 0 Å². The summed E-state index contributed by atoms with van der Waals surface area (Å²) in [7, 11) is 3.50. The smallest absolute Gasteiger partial charge is 0.130 e. The normalized spacial score (nSPS) is 21.2. The lowest BCUT2D eigenvalue weighted by molar-refractivity contribution is 0.0652. The summed E-state index contributed by atoms with van der Waals surface area (Å²) < 4.78 is 13.0. The standard InChI is InChI=1S/C15H18N2O3/c1-9-12(8-17(2)16-9)15-7-13(18)11-5-4-10(19-3)6-14(11)20-15/h4-6,8,13,15,18H,7H2,1-3H3. The van der Waals surface area contributed by atoms with Gasteiger partial charge in [0.1, 0.15) is 17.6 Å². The Morgan fingerprint density at radius 2 is 2.20 bits per heavy atom. The topological polar surface area (TPSA) is 56.5 Å². The molecule has 0 spiro atoms. The molecule has 2 atom stereocenters. The molecule has 20 heavy (non-hydrogen) atoms. The highest BCUT2D eigenvalue weighted by Gasteiger charge is 2.30. The maximum absolute atomic E-state index is 10.3. The summed E-state index contributed by atoms with van der Waals surface area (Å²) in [5, 5.41) is 14.6. The molecule has 5 nitrogen and oxygen atoms in total. The summed E-state index contributed by atoms with van der Waals surface area (Å²) in [5.41, 5.74) is 2.75. The van der Waals surface area contributed by atoms with E-state index in [0.29, 0.717) is 12.2 Å². The molecular formula is C15H18N2O3. The Bertz CT molecular complexity index is 636. The number of hydrogen-bond donors (Lipinski definition) is 1. The second-order valence-electron chi connectivity index (χ2n) is 5.11. The maximum Gasteiger partial charge on any atom is 0.130 e. The zero-order chi connectivity index (χ0) is 14.3. The Labute approximate surface area is 117 Å². The van der Waals surface area contributed by atoms with Gasteiger partial charge in [0.2, 0.25) is 0 Å². The SMILES string of the molecule is COc1ccc2c(c1)OC(c1cn(C)nc1C)CC2O. The summed E-state index contributed by atoms with van der Waals surface area (Å²) in [6.07, 6.45) is 1.76. The third-order valence-electron chi connectivity index (χ3n) is 3.68. The fraction of sp³-hybridized carbons (Fsp3) is 0.400. The number of rotatable bonds is 2. The van der Waals surface area contributed by atoms with E-state index in [1.54, 1.807) is 11.8 Å². The van der Waals surface area contributed by atoms with Crippen LogP contribution in [0.5, 0.6) is 11.5 Å². The van der Waals surface area contributed by atoms with E-state index in [1.807, 2.05) is 38.4 Å². The number of aliphatic hydroxyl groups excluding tert-OH is 1. The number of fused-ring (bicyclic) bond motifs is 1. The molecule has 0 fully saturated rings. The number of benzene rings is 1. The highest BCUT2D eigenvalue weighted by atomic mass is 16.5. The monoisotopic (exact) mass is 274 g/mol. The van der Waals surface area contributed by atoms with Crippen LogP contribution in [0.1, 0.15) is 35.4 Å². The molecule has 5 heteroatoms. The van der Waals surface area contributed by atoms with Crippen molar-refractivity contribution in [1.82, 2.24) is 9.78 Å². The molecule has 1 aliphatic heterocycles. The summed E-state index contributed by atoms with van der Waals surface area (Å²) in [6.45, 7) is 1.95. The Hall–Kier alpha value is -2.01. The van der Waals surface area contributed by atoms with E-state index in [-0.39, 0.29) is 6.10 Å². The molecule has 0 aliphatic carbocycles. The van der Waals surface area contributed by atoms with E-state index in [9.17, 15) is 5.11 Å². The largest absolute Gasteiger partial charge is 0.497 e. The van der Waals surface area contributed by atoms with Gasteiger partial charge in [-0.15, -0.1) is 0 Å². The number of aryl methyl sites for hydroxylation is 2. The molecule has 0 amide bonds. The van der Waals surface area contributed by atoms with Crippen LogP contribution >= 0.6 is 0 Å². The average molecular weight is 274 g/mol. The molecule has 1 aromatic heterocycles. The number of nitrogens with zero attached hydrogens (tertiary/aromatic N) is 2. The maximum atomic E-state index is 10.3. The van der Waals surface area contributed by atoms with Gasteiger partial charge in [0, 0.05) is 36.9 Å². The highest BCUT2D eigenvalue weighted by Crippen LogP contribution is 2.42. The number of methoxy groups -OCH3 is 1. The lowest BCUT2D eigenvalue weighted by Crippen LogP contribution is -2.19. The number of aliphatic hydroxyl groups is 1. The van der Waals surface area contributed by atoms with Crippen molar-refractivity contribution in [3.8, 4) is 11.5 Å². The van der Waals surface area contributed by atoms with Crippen molar-refractivity contribution in [2.75, 3.05) is 7.11 Å². The number of aromatic nitrogens is 2. The number of hydrogen-bond acceptors (Lipinski definition) is 4. The molecule has 2 heterocycles. The van der Waals surface area contributed by atoms with E-state index < -0.39 is 6.10 Å². The Kier molecular flexibility index (Phi) is 3.14. The van der Waals surface area contributed by atoms with E-state index in [2.05, 4.69) is 5.10 Å². The van der Waals surface area contributed by atoms with E-state index in [0.717, 1.165) is 22.6 Å². The Morgan fingerprint density at radius 1 is 1.40 bits per heavy atom. The minimum Gasteiger partial charge on any atom is -0.497 e. The van der Waals surface area contributed by atoms with Crippen LogP contribution in [0.25, 0.3) is 0 Å². The first-order chi connectivity index (χ1) is 9.58. The van der Waals surface area contributed by atoms with Gasteiger partial charge in [-0.3, -0.25) is 4.68 Å². The van der Waals surface area contributed by atoms with Gasteiger partial charge in [0.25, 0.3) is 0 Å². The molecule has 1 aromatic carbocycles. The van der Waals surface area contributed by atoms with Gasteiger partial charge in [-0.25, -0.2) is 0 Å². The minimum absolute atomic E-state index is 0.182. The number of ether oxygens (including phenoxy) is 2. The molecule has 1 N–H and O–H groups in total. The fourth-order valence-electron chi connectivity index (χ4n) is 2.67. The van der Waals surface area contributed by atoms with E-state index in [4.69, 9.17) is 9.47 Å². The quantitative estimate of drug-likeness (QED) is 0.913. The zero-order valence-corrected chi connectivity index (χ0v) is 11.8. The average Bonchev–Trinajstić information content (AvgIpc) is 2.77. The van der Waals surface area contributed by atoms with Crippen LogP contribution in [0.15, 0.2) is 24.4 Å². The van der Waals surface area contributed by atoms with E-state index in [1.165, 1.54) is 0 Å². The van der Waals surface area contributed by atoms with E-state index >= 15 is 0 Å². The Balaban J connectivity index is 1.96. The van der Waals surface area contributed by atoms with Gasteiger partial charge in [0.15, 0.2) is 0 Å². The van der Waals surface area contributed by atoms with Crippen LogP contribution in [-0.2, 0) is 7.05 Å². The van der Waals surface area contributed by atoms with Crippen molar-refractivity contribution in [3.63, 3.8) is 0 Å². The molecule has 106 valence electrons. The molecular weight excluding hydrogens is 256 g/mol. The fourth-order valence-corrected chi connectivity index (χ4v) is 2.67. The lowest BCUT2D eigenvalue weighted by Gasteiger charge is -2.29. The van der Waals surface area contributed by atoms with Crippen LogP contribution in [0.4, 0.5) is 0 Å². The lowest BCUT2D eigenvalue weighted by atomic mass is 9.95. The van der Waals surface area contributed by atoms with Crippen molar-refractivity contribution in [3.05, 3.63) is 41.2 Å². The summed E-state index contributed by atoms with van der Waals surface area (Å²) in [5.74, 6) is 1.40. The molecule has 0 saturated carbocycles. The van der Waals surface area contributed by atoms with Gasteiger partial charge in [-0.05, 0) is 19.1 Å². The summed E-state index contributed by atoms with van der Waals surface area (Å²) in [6, 6.07) is 5.50. The predicted octanol–water partition coefficient (Wildman–Crippen LogP) is 2.29. The highest BCUT2D eigenvalue weighted by molar-refractivity contribution is 5.44. The van der Waals surface area contributed by atoms with Crippen molar-refractivity contribution < 1.29 is 14.6 Å². The second-order valence-corrected chi connectivity index (χ2v) is 5.11. The van der Waals surface area contributed by atoms with Gasteiger partial charge >= 0.3 is 0 Å². The zero-order valence-electron chi connectivity index (χ0n) is 11.8. The third-order valence-corrected chi connectivity index (χ3v) is 3.68. The summed E-state index contributed by atoms with van der Waals surface area (Å²) in [4.78, 5) is 0. The third kappa shape index (κ3) is 2.14. The van der Waals surface area contributed by atoms with Gasteiger partial charge in [-0.1, -0.05) is 0 Å². The van der Waals surface area contributed by atoms with Crippen molar-refractivity contribution in [2.45, 2.75) is 25.6 Å². The van der Waals surface area contributed by atoms with Crippen molar-refractivity contribution in [1.29, 1.82) is 0 Å². The van der Waals surface area contributed by atoms with Crippen LogP contribution in [0, 0.1) is 6.92 Å². The predicted molar refractivity (Wildman–Crippen MR) is 73.9 cm³/mol. The van der Waals surface area contributed by atoms with Gasteiger partial charge < -0.3 is 14.6 Å². The van der Waals surface area contributed by atoms with Crippen LogP contribution in [-0.4, -0.2) is 22.0 Å². The van der Waals surface area contributed by atoms with Gasteiger partial charge in [0.05, 0.1) is 18.9 Å². The first kappa shape index (κ1) is 13.0. The molecule has 3 rings (SSSR count). The first-order valence-electron chi connectivity index (χ1n) is 6.61. The van der Waals surface area contributed by atoms with Crippen LogP contribution in [0.3, 0.4) is 0 Å². The molecule has 0 radical (unpaired) electrons. The molecule has 1 aliphatic rings. The molecule has 0 bridgehead atoms. The van der Waals surface area contributed by atoms with Crippen molar-refractivity contribution in [2.24, 2.45) is 7.05 Å². The Morgan fingerprint density at radius 3 is 2.85 bits per heavy atom. The first-order valence-corrected chi connectivity index (χ1v) is 6.61. The van der Waals surface area contributed by atoms with Crippen molar-refractivity contribution >= 4 is 0 Å². The van der Waals surface area contributed by atoms with Crippen LogP contribution < -0.4 is 9.47 Å².